The summed E-state index contributed by atoms with van der Waals surface area (Å²) in [5, 5.41) is 6.73. The average molecular weight is 293 g/mol. The van der Waals surface area contributed by atoms with Gasteiger partial charge in [0.15, 0.2) is 11.6 Å². The van der Waals surface area contributed by atoms with Crippen LogP contribution in [0, 0.1) is 12.7 Å². The van der Waals surface area contributed by atoms with E-state index in [2.05, 4.69) is 15.5 Å². The number of ether oxygens (including phenoxy) is 1. The zero-order valence-electron chi connectivity index (χ0n) is 11.4. The number of hydrazone groups is 1. The van der Waals surface area contributed by atoms with Crippen molar-refractivity contribution in [1.82, 2.24) is 4.98 Å². The highest BCUT2D eigenvalue weighted by Crippen LogP contribution is 2.18. The number of aromatic nitrogens is 1. The van der Waals surface area contributed by atoms with Gasteiger partial charge in [-0.25, -0.2) is 9.37 Å². The largest absolute Gasteiger partial charge is 0.491 e. The average Bonchev–Trinajstić information content (AvgIpc) is 2.85. The molecule has 1 aromatic carbocycles. The van der Waals surface area contributed by atoms with Gasteiger partial charge in [0.1, 0.15) is 0 Å². The quantitative estimate of drug-likeness (QED) is 0.650. The first-order valence-electron chi connectivity index (χ1n) is 6.32. The second kappa shape index (κ2) is 7.00. The van der Waals surface area contributed by atoms with Crippen molar-refractivity contribution in [2.75, 3.05) is 12.0 Å². The highest BCUT2D eigenvalue weighted by molar-refractivity contribution is 7.13. The first-order valence-corrected chi connectivity index (χ1v) is 7.20. The van der Waals surface area contributed by atoms with Crippen LogP contribution in [0.5, 0.6) is 5.75 Å². The fraction of sp³-hybridized carbons (Fsp3) is 0.286. The number of benzene rings is 1. The van der Waals surface area contributed by atoms with Gasteiger partial charge in [0.2, 0.25) is 5.13 Å². The Morgan fingerprint density at radius 3 is 3.05 bits per heavy atom. The lowest BCUT2D eigenvalue weighted by Gasteiger charge is -2.06. The van der Waals surface area contributed by atoms with Gasteiger partial charge >= 0.3 is 0 Å². The van der Waals surface area contributed by atoms with E-state index in [9.17, 15) is 4.39 Å². The van der Waals surface area contributed by atoms with Gasteiger partial charge in [-0.1, -0.05) is 13.0 Å². The first kappa shape index (κ1) is 14.5. The number of aryl methyl sites for hydroxylation is 1. The maximum absolute atomic E-state index is 13.5. The van der Waals surface area contributed by atoms with Crippen LogP contribution in [0.15, 0.2) is 28.7 Å². The van der Waals surface area contributed by atoms with Crippen molar-refractivity contribution >= 4 is 22.7 Å². The van der Waals surface area contributed by atoms with Gasteiger partial charge in [-0.15, -0.1) is 11.3 Å². The van der Waals surface area contributed by atoms with Gasteiger partial charge in [0.25, 0.3) is 0 Å². The third kappa shape index (κ3) is 4.03. The molecule has 0 aliphatic carbocycles. The molecular formula is C14H16FN3OS. The molecule has 0 fully saturated rings. The maximum atomic E-state index is 13.5. The van der Waals surface area contributed by atoms with Crippen molar-refractivity contribution in [1.29, 1.82) is 0 Å². The zero-order valence-corrected chi connectivity index (χ0v) is 12.2. The van der Waals surface area contributed by atoms with E-state index in [0.29, 0.717) is 6.61 Å². The van der Waals surface area contributed by atoms with Gasteiger partial charge in [-0.05, 0) is 31.0 Å². The van der Waals surface area contributed by atoms with Crippen molar-refractivity contribution in [2.24, 2.45) is 5.10 Å². The van der Waals surface area contributed by atoms with Gasteiger partial charge in [0.05, 0.1) is 18.5 Å². The van der Waals surface area contributed by atoms with E-state index in [-0.39, 0.29) is 11.6 Å². The summed E-state index contributed by atoms with van der Waals surface area (Å²) in [5.74, 6) is -0.111. The second-order valence-electron chi connectivity index (χ2n) is 4.20. The molecule has 1 heterocycles. The molecule has 6 heteroatoms. The standard InChI is InChI=1S/C14H16FN3OS/c1-3-6-19-13-7-11(4-5-12(13)15)8-16-18-14-17-10(2)9-20-14/h4-5,7-9H,3,6H2,1-2H3,(H,17,18). The van der Waals surface area contributed by atoms with E-state index < -0.39 is 0 Å². The Morgan fingerprint density at radius 2 is 2.35 bits per heavy atom. The molecule has 0 aliphatic heterocycles. The summed E-state index contributed by atoms with van der Waals surface area (Å²) in [5.41, 5.74) is 4.54. The monoisotopic (exact) mass is 293 g/mol. The van der Waals surface area contributed by atoms with Crippen molar-refractivity contribution in [3.63, 3.8) is 0 Å². The van der Waals surface area contributed by atoms with E-state index in [4.69, 9.17) is 4.74 Å². The molecule has 2 rings (SSSR count). The number of anilines is 1. The molecule has 4 nitrogen and oxygen atoms in total. The van der Waals surface area contributed by atoms with Crippen LogP contribution >= 0.6 is 11.3 Å². The summed E-state index contributed by atoms with van der Waals surface area (Å²) >= 11 is 1.48. The van der Waals surface area contributed by atoms with Crippen LogP contribution < -0.4 is 10.2 Å². The maximum Gasteiger partial charge on any atom is 0.203 e. The van der Waals surface area contributed by atoms with Crippen molar-refractivity contribution in [3.05, 3.63) is 40.7 Å². The second-order valence-corrected chi connectivity index (χ2v) is 5.06. The van der Waals surface area contributed by atoms with Crippen molar-refractivity contribution in [3.8, 4) is 5.75 Å². The van der Waals surface area contributed by atoms with Crippen molar-refractivity contribution in [2.45, 2.75) is 20.3 Å². The number of halogens is 1. The molecule has 2 aromatic rings. The number of nitrogens with one attached hydrogen (secondary N) is 1. The Kier molecular flexibility index (Phi) is 5.06. The number of rotatable bonds is 6. The Balaban J connectivity index is 2.01. The third-order valence-electron chi connectivity index (χ3n) is 2.41. The predicted octanol–water partition coefficient (Wildman–Crippen LogP) is 3.83. The van der Waals surface area contributed by atoms with Crippen molar-refractivity contribution < 1.29 is 9.13 Å². The molecule has 0 amide bonds. The molecule has 0 atom stereocenters. The Hall–Kier alpha value is -1.95. The number of hydrogen-bond donors (Lipinski definition) is 1. The van der Waals surface area contributed by atoms with Crippen LogP contribution in [-0.2, 0) is 0 Å². The fourth-order valence-electron chi connectivity index (χ4n) is 1.49. The summed E-state index contributed by atoms with van der Waals surface area (Å²) < 4.78 is 18.8. The van der Waals surface area contributed by atoms with E-state index in [1.165, 1.54) is 17.4 Å². The molecule has 1 N–H and O–H groups in total. The molecule has 0 aliphatic rings. The number of thiazole rings is 1. The van der Waals surface area contributed by atoms with E-state index in [0.717, 1.165) is 22.8 Å². The van der Waals surface area contributed by atoms with Crippen LogP contribution in [0.25, 0.3) is 0 Å². The minimum atomic E-state index is -0.362. The molecule has 106 valence electrons. The van der Waals surface area contributed by atoms with Crippen LogP contribution in [0.1, 0.15) is 24.6 Å². The van der Waals surface area contributed by atoms with E-state index in [1.54, 1.807) is 18.3 Å². The smallest absolute Gasteiger partial charge is 0.203 e. The molecule has 0 saturated heterocycles. The Bertz CT molecular complexity index is 598. The number of hydrogen-bond acceptors (Lipinski definition) is 5. The van der Waals surface area contributed by atoms with E-state index in [1.807, 2.05) is 19.2 Å². The lowest BCUT2D eigenvalue weighted by Crippen LogP contribution is -1.98. The summed E-state index contributed by atoms with van der Waals surface area (Å²) in [6.07, 6.45) is 2.44. The lowest BCUT2D eigenvalue weighted by molar-refractivity contribution is 0.301. The molecule has 0 unspecified atom stereocenters. The van der Waals surface area contributed by atoms with Gasteiger partial charge in [0, 0.05) is 5.38 Å². The SMILES string of the molecule is CCCOc1cc(C=NNc2nc(C)cs2)ccc1F. The highest BCUT2D eigenvalue weighted by Gasteiger charge is 2.03. The Morgan fingerprint density at radius 1 is 1.50 bits per heavy atom. The fourth-order valence-corrected chi connectivity index (χ4v) is 2.13. The molecule has 0 saturated carbocycles. The van der Waals surface area contributed by atoms with Crippen LogP contribution in [0.3, 0.4) is 0 Å². The van der Waals surface area contributed by atoms with Gasteiger partial charge in [-0.2, -0.15) is 5.10 Å². The summed E-state index contributed by atoms with van der Waals surface area (Å²) in [4.78, 5) is 4.22. The zero-order chi connectivity index (χ0) is 14.4. The van der Waals surface area contributed by atoms with Gasteiger partial charge in [-0.3, -0.25) is 5.43 Å². The summed E-state index contributed by atoms with van der Waals surface area (Å²) in [7, 11) is 0. The van der Waals surface area contributed by atoms with Crippen LogP contribution in [0.4, 0.5) is 9.52 Å². The normalized spacial score (nSPS) is 10.9. The minimum Gasteiger partial charge on any atom is -0.491 e. The first-order chi connectivity index (χ1) is 9.69. The molecule has 0 spiro atoms. The minimum absolute atomic E-state index is 0.251. The summed E-state index contributed by atoms with van der Waals surface area (Å²) in [6.45, 7) is 4.39. The third-order valence-corrected chi connectivity index (χ3v) is 3.27. The van der Waals surface area contributed by atoms with Crippen LogP contribution in [0.2, 0.25) is 0 Å². The Labute approximate surface area is 121 Å². The van der Waals surface area contributed by atoms with Gasteiger partial charge < -0.3 is 4.74 Å². The number of nitrogens with zero attached hydrogens (tertiary/aromatic N) is 2. The molecule has 0 bridgehead atoms. The molecule has 0 radical (unpaired) electrons. The topological polar surface area (TPSA) is 46.5 Å². The molecular weight excluding hydrogens is 277 g/mol. The highest BCUT2D eigenvalue weighted by atomic mass is 32.1. The molecule has 20 heavy (non-hydrogen) atoms. The van der Waals surface area contributed by atoms with E-state index >= 15 is 0 Å². The lowest BCUT2D eigenvalue weighted by atomic mass is 10.2. The predicted molar refractivity (Wildman–Crippen MR) is 80.3 cm³/mol. The summed E-state index contributed by atoms with van der Waals surface area (Å²) in [6, 6.07) is 4.65. The molecule has 1 aromatic heterocycles. The van der Waals surface area contributed by atoms with Crippen LogP contribution in [-0.4, -0.2) is 17.8 Å².